The molecular formula is C23H25NO4. The van der Waals surface area contributed by atoms with Gasteiger partial charge in [-0.2, -0.15) is 0 Å². The van der Waals surface area contributed by atoms with E-state index in [2.05, 4.69) is 29.6 Å². The van der Waals surface area contributed by atoms with Gasteiger partial charge in [0.1, 0.15) is 24.0 Å². The van der Waals surface area contributed by atoms with Crippen LogP contribution in [0.2, 0.25) is 0 Å². The Morgan fingerprint density at radius 2 is 2.07 bits per heavy atom. The third kappa shape index (κ3) is 4.11. The van der Waals surface area contributed by atoms with Gasteiger partial charge >= 0.3 is 0 Å². The van der Waals surface area contributed by atoms with Crippen molar-refractivity contribution < 1.29 is 19.1 Å². The van der Waals surface area contributed by atoms with Crippen LogP contribution in [0.4, 0.5) is 0 Å². The van der Waals surface area contributed by atoms with Gasteiger partial charge in [-0.1, -0.05) is 30.3 Å². The second-order valence-corrected chi connectivity index (χ2v) is 7.42. The van der Waals surface area contributed by atoms with E-state index in [9.17, 15) is 9.90 Å². The fourth-order valence-electron chi connectivity index (χ4n) is 3.75. The number of ketones is 1. The van der Waals surface area contributed by atoms with Crippen LogP contribution in [0.3, 0.4) is 0 Å². The van der Waals surface area contributed by atoms with Crippen LogP contribution in [0.25, 0.3) is 11.0 Å². The van der Waals surface area contributed by atoms with Crippen molar-refractivity contribution >= 4 is 16.8 Å². The summed E-state index contributed by atoms with van der Waals surface area (Å²) in [6.45, 7) is 2.13. The van der Waals surface area contributed by atoms with Crippen molar-refractivity contribution in [2.24, 2.45) is 0 Å². The van der Waals surface area contributed by atoms with Gasteiger partial charge in [0.05, 0.1) is 5.39 Å². The molecule has 0 aliphatic heterocycles. The standard InChI is InChI=1S/C23H25NO4/c1-15(25)23-12-20-21(7-4-8-22(20)28-23)27-14-19(26)13-24-18-10-9-16-5-2-3-6-17(16)11-18/h2-8,12,18-19,24,26H,9-11,13-14H2,1H3. The van der Waals surface area contributed by atoms with E-state index in [1.807, 2.05) is 12.1 Å². The molecule has 0 amide bonds. The van der Waals surface area contributed by atoms with Gasteiger partial charge in [-0.05, 0) is 48.6 Å². The Morgan fingerprint density at radius 1 is 1.25 bits per heavy atom. The average Bonchev–Trinajstić information content (AvgIpc) is 3.16. The SMILES string of the molecule is CC(=O)c1cc2c(OCC(O)CNC3CCc4ccccc4C3)cccc2o1. The van der Waals surface area contributed by atoms with Crippen molar-refractivity contribution in [1.29, 1.82) is 0 Å². The number of fused-ring (bicyclic) bond motifs is 2. The number of aliphatic hydroxyl groups excluding tert-OH is 1. The topological polar surface area (TPSA) is 71.7 Å². The summed E-state index contributed by atoms with van der Waals surface area (Å²) in [6.07, 6.45) is 2.52. The first-order valence-electron chi connectivity index (χ1n) is 9.74. The van der Waals surface area contributed by atoms with Gasteiger partial charge in [-0.15, -0.1) is 0 Å². The number of hydrogen-bond donors (Lipinski definition) is 2. The summed E-state index contributed by atoms with van der Waals surface area (Å²) in [5.74, 6) is 0.797. The van der Waals surface area contributed by atoms with Crippen LogP contribution < -0.4 is 10.1 Å². The molecule has 3 aromatic rings. The molecule has 4 rings (SSSR count). The van der Waals surface area contributed by atoms with Crippen LogP contribution in [0.1, 0.15) is 35.0 Å². The minimum absolute atomic E-state index is 0.125. The minimum atomic E-state index is -0.619. The lowest BCUT2D eigenvalue weighted by Gasteiger charge is -2.26. The number of carbonyl (C=O) groups excluding carboxylic acids is 1. The molecule has 5 heteroatoms. The van der Waals surface area contributed by atoms with Crippen molar-refractivity contribution in [3.8, 4) is 5.75 Å². The highest BCUT2D eigenvalue weighted by Crippen LogP contribution is 2.29. The lowest BCUT2D eigenvalue weighted by atomic mass is 9.88. The zero-order valence-corrected chi connectivity index (χ0v) is 16.0. The zero-order chi connectivity index (χ0) is 19.5. The summed E-state index contributed by atoms with van der Waals surface area (Å²) in [4.78, 5) is 11.5. The Bertz CT molecular complexity index is 978. The van der Waals surface area contributed by atoms with Crippen LogP contribution in [-0.4, -0.2) is 36.2 Å². The van der Waals surface area contributed by atoms with E-state index in [0.29, 0.717) is 29.7 Å². The third-order valence-corrected chi connectivity index (χ3v) is 5.29. The molecule has 2 atom stereocenters. The van der Waals surface area contributed by atoms with Crippen molar-refractivity contribution in [2.75, 3.05) is 13.2 Å². The largest absolute Gasteiger partial charge is 0.490 e. The third-order valence-electron chi connectivity index (χ3n) is 5.29. The molecule has 0 spiro atoms. The van der Waals surface area contributed by atoms with E-state index in [1.54, 1.807) is 12.1 Å². The average molecular weight is 379 g/mol. The predicted molar refractivity (Wildman–Crippen MR) is 108 cm³/mol. The Labute approximate surface area is 164 Å². The number of furan rings is 1. The van der Waals surface area contributed by atoms with E-state index >= 15 is 0 Å². The molecular weight excluding hydrogens is 354 g/mol. The van der Waals surface area contributed by atoms with Crippen LogP contribution in [-0.2, 0) is 12.8 Å². The second kappa shape index (κ2) is 8.17. The number of rotatable bonds is 7. The van der Waals surface area contributed by atoms with Gasteiger partial charge in [-0.3, -0.25) is 4.79 Å². The van der Waals surface area contributed by atoms with Crippen molar-refractivity contribution in [3.63, 3.8) is 0 Å². The van der Waals surface area contributed by atoms with Crippen molar-refractivity contribution in [2.45, 2.75) is 38.3 Å². The Hall–Kier alpha value is -2.63. The highest BCUT2D eigenvalue weighted by molar-refractivity contribution is 5.97. The van der Waals surface area contributed by atoms with Gasteiger partial charge in [0.15, 0.2) is 11.5 Å². The summed E-state index contributed by atoms with van der Waals surface area (Å²) in [5, 5.41) is 14.5. The van der Waals surface area contributed by atoms with E-state index in [1.165, 1.54) is 18.1 Å². The maximum atomic E-state index is 11.5. The fourth-order valence-corrected chi connectivity index (χ4v) is 3.75. The number of aryl methyl sites for hydroxylation is 1. The van der Waals surface area contributed by atoms with E-state index in [0.717, 1.165) is 24.6 Å². The molecule has 5 nitrogen and oxygen atoms in total. The zero-order valence-electron chi connectivity index (χ0n) is 16.0. The minimum Gasteiger partial charge on any atom is -0.490 e. The van der Waals surface area contributed by atoms with Crippen LogP contribution in [0, 0.1) is 0 Å². The van der Waals surface area contributed by atoms with Gasteiger partial charge in [0.25, 0.3) is 0 Å². The monoisotopic (exact) mass is 379 g/mol. The van der Waals surface area contributed by atoms with Crippen molar-refractivity contribution in [3.05, 3.63) is 65.4 Å². The molecule has 0 radical (unpaired) electrons. The van der Waals surface area contributed by atoms with E-state index in [-0.39, 0.29) is 12.4 Å². The number of carbonyl (C=O) groups is 1. The first-order valence-corrected chi connectivity index (χ1v) is 9.74. The van der Waals surface area contributed by atoms with Crippen LogP contribution >= 0.6 is 0 Å². The lowest BCUT2D eigenvalue weighted by Crippen LogP contribution is -2.40. The molecule has 1 heterocycles. The summed E-state index contributed by atoms with van der Waals surface area (Å²) in [5.41, 5.74) is 3.43. The number of ether oxygens (including phenoxy) is 1. The molecule has 0 fully saturated rings. The van der Waals surface area contributed by atoms with Crippen LogP contribution in [0.5, 0.6) is 5.75 Å². The van der Waals surface area contributed by atoms with E-state index < -0.39 is 6.10 Å². The molecule has 1 aliphatic carbocycles. The first-order chi connectivity index (χ1) is 13.6. The van der Waals surface area contributed by atoms with Gasteiger partial charge in [-0.25, -0.2) is 0 Å². The van der Waals surface area contributed by atoms with Gasteiger partial charge in [0, 0.05) is 19.5 Å². The second-order valence-electron chi connectivity index (χ2n) is 7.42. The molecule has 0 saturated heterocycles. The Balaban J connectivity index is 1.31. The quantitative estimate of drug-likeness (QED) is 0.615. The lowest BCUT2D eigenvalue weighted by molar-refractivity contribution is 0.0989. The van der Waals surface area contributed by atoms with Crippen molar-refractivity contribution in [1.82, 2.24) is 5.32 Å². The Morgan fingerprint density at radius 3 is 2.89 bits per heavy atom. The number of hydrogen-bond acceptors (Lipinski definition) is 5. The number of Topliss-reactive ketones (excluding diaryl/α,β-unsaturated/α-hetero) is 1. The molecule has 2 aromatic carbocycles. The molecule has 0 bridgehead atoms. The normalized spacial score (nSPS) is 17.3. The summed E-state index contributed by atoms with van der Waals surface area (Å²) in [6, 6.07) is 16.1. The number of benzene rings is 2. The fraction of sp³-hybridized carbons (Fsp3) is 0.348. The molecule has 1 aliphatic rings. The summed E-state index contributed by atoms with van der Waals surface area (Å²) >= 11 is 0. The smallest absolute Gasteiger partial charge is 0.194 e. The van der Waals surface area contributed by atoms with E-state index in [4.69, 9.17) is 9.15 Å². The number of aliphatic hydroxyl groups is 1. The summed E-state index contributed by atoms with van der Waals surface area (Å²) in [7, 11) is 0. The predicted octanol–water partition coefficient (Wildman–Crippen LogP) is 3.52. The number of nitrogens with one attached hydrogen (secondary N) is 1. The van der Waals surface area contributed by atoms with Crippen LogP contribution in [0.15, 0.2) is 52.9 Å². The highest BCUT2D eigenvalue weighted by atomic mass is 16.5. The highest BCUT2D eigenvalue weighted by Gasteiger charge is 2.19. The molecule has 0 saturated carbocycles. The van der Waals surface area contributed by atoms with Gasteiger partial charge < -0.3 is 19.6 Å². The molecule has 146 valence electrons. The molecule has 1 aromatic heterocycles. The maximum Gasteiger partial charge on any atom is 0.194 e. The Kier molecular flexibility index (Phi) is 5.46. The first kappa shape index (κ1) is 18.7. The maximum absolute atomic E-state index is 11.5. The summed E-state index contributed by atoms with van der Waals surface area (Å²) < 4.78 is 11.3. The molecule has 28 heavy (non-hydrogen) atoms. The van der Waals surface area contributed by atoms with Gasteiger partial charge in [0.2, 0.25) is 0 Å². The molecule has 2 unspecified atom stereocenters. The molecule has 2 N–H and O–H groups in total.